The molecule has 1 fully saturated rings. The van der Waals surface area contributed by atoms with Crippen LogP contribution >= 0.6 is 0 Å². The smallest absolute Gasteiger partial charge is 0.223 e. The molecule has 2 amide bonds. The van der Waals surface area contributed by atoms with Gasteiger partial charge in [-0.2, -0.15) is 0 Å². The van der Waals surface area contributed by atoms with Gasteiger partial charge in [-0.25, -0.2) is 0 Å². The van der Waals surface area contributed by atoms with Crippen molar-refractivity contribution in [2.45, 2.75) is 142 Å². The van der Waals surface area contributed by atoms with Crippen LogP contribution in [0.5, 0.6) is 0 Å². The maximum Gasteiger partial charge on any atom is 0.223 e. The minimum absolute atomic E-state index is 0.0864. The van der Waals surface area contributed by atoms with E-state index < -0.39 is 0 Å². The van der Waals surface area contributed by atoms with Gasteiger partial charge in [-0.3, -0.25) is 9.59 Å². The second-order valence-electron chi connectivity index (χ2n) is 13.1. The Morgan fingerprint density at radius 3 is 1.31 bits per heavy atom. The van der Waals surface area contributed by atoms with Gasteiger partial charge in [0.25, 0.3) is 0 Å². The average Bonchev–Trinajstić information content (AvgIpc) is 3.16. The van der Waals surface area contributed by atoms with Crippen molar-refractivity contribution in [1.82, 2.24) is 10.2 Å². The highest BCUT2D eigenvalue weighted by molar-refractivity contribution is 5.77. The van der Waals surface area contributed by atoms with E-state index in [0.717, 1.165) is 116 Å². The summed E-state index contributed by atoms with van der Waals surface area (Å²) >= 11 is 0. The van der Waals surface area contributed by atoms with Crippen molar-refractivity contribution in [3.8, 4) is 0 Å². The first-order valence-electron chi connectivity index (χ1n) is 20.4. The zero-order chi connectivity index (χ0) is 37.4. The highest BCUT2D eigenvalue weighted by Gasteiger charge is 2.26. The molecule has 0 bridgehead atoms. The van der Waals surface area contributed by atoms with Gasteiger partial charge in [-0.05, 0) is 109 Å². The minimum atomic E-state index is 0.0864. The summed E-state index contributed by atoms with van der Waals surface area (Å²) in [5.41, 5.74) is 0. The minimum Gasteiger partial charge on any atom is -0.354 e. The largest absolute Gasteiger partial charge is 0.354 e. The highest BCUT2D eigenvalue weighted by Crippen LogP contribution is 2.18. The van der Waals surface area contributed by atoms with Crippen molar-refractivity contribution in [2.75, 3.05) is 13.1 Å². The van der Waals surface area contributed by atoms with Crippen molar-refractivity contribution in [1.29, 1.82) is 0 Å². The molecule has 1 aliphatic rings. The number of unbranched alkanes of at least 4 members (excludes halogenated alkanes) is 1. The lowest BCUT2D eigenvalue weighted by molar-refractivity contribution is -0.135. The summed E-state index contributed by atoms with van der Waals surface area (Å²) in [7, 11) is 0. The molecular weight excluding hydrogens is 637 g/mol. The summed E-state index contributed by atoms with van der Waals surface area (Å²) in [6.45, 7) is 5.67. The maximum absolute atomic E-state index is 13.0. The summed E-state index contributed by atoms with van der Waals surface area (Å²) in [6, 6.07) is 0.112. The molecular formula is C48H72N2O2. The third-order valence-electron chi connectivity index (χ3n) is 8.54. The molecule has 286 valence electrons. The molecule has 1 atom stereocenters. The monoisotopic (exact) mass is 709 g/mol. The molecule has 0 aromatic rings. The molecule has 1 unspecified atom stereocenters. The Morgan fingerprint density at radius 2 is 0.885 bits per heavy atom. The number of nitrogens with zero attached hydrogens (tertiary/aromatic N) is 1. The Labute approximate surface area is 319 Å². The molecule has 1 heterocycles. The lowest BCUT2D eigenvalue weighted by Crippen LogP contribution is -2.49. The number of amides is 2. The molecule has 0 radical (unpaired) electrons. The Hall–Kier alpha value is -3.92. The fourth-order valence-corrected chi connectivity index (χ4v) is 5.60. The van der Waals surface area contributed by atoms with Crippen LogP contribution < -0.4 is 5.32 Å². The van der Waals surface area contributed by atoms with Crippen molar-refractivity contribution < 1.29 is 9.59 Å². The zero-order valence-corrected chi connectivity index (χ0v) is 32.9. The molecule has 0 aliphatic carbocycles. The van der Waals surface area contributed by atoms with Gasteiger partial charge in [0.15, 0.2) is 0 Å². The third kappa shape index (κ3) is 29.8. The molecule has 0 saturated carbocycles. The normalized spacial score (nSPS) is 16.3. The first-order chi connectivity index (χ1) is 25.7. The Balaban J connectivity index is 2.13. The van der Waals surface area contributed by atoms with Crippen LogP contribution in [0.4, 0.5) is 0 Å². The third-order valence-corrected chi connectivity index (χ3v) is 8.54. The van der Waals surface area contributed by atoms with E-state index in [1.165, 1.54) is 0 Å². The highest BCUT2D eigenvalue weighted by atomic mass is 16.2. The predicted octanol–water partition coefficient (Wildman–Crippen LogP) is 12.9. The molecule has 0 aromatic heterocycles. The summed E-state index contributed by atoms with van der Waals surface area (Å²) in [5.74, 6) is 0.292. The van der Waals surface area contributed by atoms with E-state index in [1.54, 1.807) is 0 Å². The Morgan fingerprint density at radius 1 is 0.500 bits per heavy atom. The summed E-state index contributed by atoms with van der Waals surface area (Å²) in [4.78, 5) is 27.5. The van der Waals surface area contributed by atoms with Crippen LogP contribution in [0.25, 0.3) is 0 Å². The van der Waals surface area contributed by atoms with Gasteiger partial charge in [-0.1, -0.05) is 148 Å². The number of likely N-dealkylation sites (tertiary alicyclic amines) is 1. The molecule has 4 nitrogen and oxygen atoms in total. The molecule has 0 spiro atoms. The fraction of sp³-hybridized carbons (Fsp3) is 0.500. The maximum atomic E-state index is 13.0. The van der Waals surface area contributed by atoms with E-state index in [0.29, 0.717) is 19.4 Å². The fourth-order valence-electron chi connectivity index (χ4n) is 5.60. The lowest BCUT2D eigenvalue weighted by Gasteiger charge is -2.36. The van der Waals surface area contributed by atoms with Gasteiger partial charge in [-0.15, -0.1) is 0 Å². The SMILES string of the molecule is CC/C=C\C/C=C\C/C=C\C/C=C\C/C=C\C/C=C\CCC(=O)N1CCCCC1CNC(=O)CCC/C=C\C/C=C\C/C=C\C/C=C\C/C=C\CC. The van der Waals surface area contributed by atoms with E-state index in [-0.39, 0.29) is 17.9 Å². The number of piperidine rings is 1. The van der Waals surface area contributed by atoms with Crippen molar-refractivity contribution in [3.63, 3.8) is 0 Å². The molecule has 1 aliphatic heterocycles. The first-order valence-corrected chi connectivity index (χ1v) is 20.4. The van der Waals surface area contributed by atoms with Crippen molar-refractivity contribution in [2.24, 2.45) is 0 Å². The molecule has 52 heavy (non-hydrogen) atoms. The van der Waals surface area contributed by atoms with Crippen molar-refractivity contribution >= 4 is 11.8 Å². The van der Waals surface area contributed by atoms with Gasteiger partial charge >= 0.3 is 0 Å². The number of hydrogen-bond acceptors (Lipinski definition) is 2. The van der Waals surface area contributed by atoms with Gasteiger partial charge in [0, 0.05) is 32.0 Å². The van der Waals surface area contributed by atoms with E-state index in [9.17, 15) is 9.59 Å². The second-order valence-corrected chi connectivity index (χ2v) is 13.1. The second kappa shape index (κ2) is 36.9. The molecule has 1 rings (SSSR count). The summed E-state index contributed by atoms with van der Waals surface area (Å²) in [6.07, 6.45) is 66.0. The number of allylic oxidation sites excluding steroid dienone is 22. The number of carbonyl (C=O) groups is 2. The summed E-state index contributed by atoms with van der Waals surface area (Å²) < 4.78 is 0. The molecule has 1 N–H and O–H groups in total. The van der Waals surface area contributed by atoms with Crippen LogP contribution in [0.3, 0.4) is 0 Å². The van der Waals surface area contributed by atoms with Gasteiger partial charge < -0.3 is 10.2 Å². The number of nitrogens with one attached hydrogen (secondary N) is 1. The van der Waals surface area contributed by atoms with Gasteiger partial charge in [0.05, 0.1) is 0 Å². The van der Waals surface area contributed by atoms with Gasteiger partial charge in [0.2, 0.25) is 11.8 Å². The average molecular weight is 709 g/mol. The van der Waals surface area contributed by atoms with E-state index in [1.807, 2.05) is 4.90 Å². The van der Waals surface area contributed by atoms with E-state index >= 15 is 0 Å². The van der Waals surface area contributed by atoms with Gasteiger partial charge in [0.1, 0.15) is 0 Å². The lowest BCUT2D eigenvalue weighted by atomic mass is 10.0. The predicted molar refractivity (Wildman–Crippen MR) is 228 cm³/mol. The standard InChI is InChI=1S/C48H72N2O2/c1-3-5-7-9-11-13-15-17-19-21-22-24-26-28-30-32-34-36-38-43-48(52)50-44-40-39-41-46(50)45-49-47(51)42-37-35-33-31-29-27-25-23-20-18-16-14-12-10-8-6-4-2/h5-8,11-14,17-20,22,24-25,27-28,30-31,33-34,36,46H,3-4,9-10,15-16,21,23,26,29,32,35,37-45H2,1-2H3,(H,49,51)/b7-5-,8-6-,13-11-,14-12-,19-17-,20-18-,24-22-,27-25-,30-28-,33-31-,36-34-. The zero-order valence-electron chi connectivity index (χ0n) is 32.9. The van der Waals surface area contributed by atoms with E-state index in [4.69, 9.17) is 0 Å². The topological polar surface area (TPSA) is 49.4 Å². The molecule has 4 heteroatoms. The quantitative estimate of drug-likeness (QED) is 0.0621. The molecule has 0 aromatic carbocycles. The van der Waals surface area contributed by atoms with Crippen LogP contribution in [0, 0.1) is 0 Å². The van der Waals surface area contributed by atoms with E-state index in [2.05, 4.69) is 153 Å². The Bertz CT molecular complexity index is 1220. The molecule has 1 saturated heterocycles. The van der Waals surface area contributed by atoms with Crippen LogP contribution in [0.15, 0.2) is 134 Å². The first kappa shape index (κ1) is 46.1. The van der Waals surface area contributed by atoms with Crippen LogP contribution in [-0.2, 0) is 9.59 Å². The number of rotatable bonds is 29. The van der Waals surface area contributed by atoms with Crippen molar-refractivity contribution in [3.05, 3.63) is 134 Å². The summed E-state index contributed by atoms with van der Waals surface area (Å²) in [5, 5.41) is 3.11. The van der Waals surface area contributed by atoms with Crippen LogP contribution in [-0.4, -0.2) is 35.8 Å². The van der Waals surface area contributed by atoms with Crippen LogP contribution in [0.2, 0.25) is 0 Å². The number of carbonyl (C=O) groups excluding carboxylic acids is 2. The van der Waals surface area contributed by atoms with Crippen LogP contribution in [0.1, 0.15) is 136 Å². The number of hydrogen-bond donors (Lipinski definition) is 1. The Kier molecular flexibility index (Phi) is 32.7.